The molecule has 0 aromatic heterocycles. The molecule has 0 aliphatic rings. The van der Waals surface area contributed by atoms with Gasteiger partial charge in [0, 0.05) is 11.3 Å². The third-order valence-electron chi connectivity index (χ3n) is 3.66. The van der Waals surface area contributed by atoms with Crippen LogP contribution in [0.5, 0.6) is 11.5 Å². The molecule has 0 unspecified atom stereocenters. The second kappa shape index (κ2) is 8.85. The van der Waals surface area contributed by atoms with E-state index in [9.17, 15) is 22.8 Å². The lowest BCUT2D eigenvalue weighted by atomic mass is 10.1. The van der Waals surface area contributed by atoms with E-state index in [1.165, 1.54) is 30.3 Å². The van der Waals surface area contributed by atoms with Gasteiger partial charge in [-0.15, -0.1) is 0 Å². The molecule has 0 aliphatic heterocycles. The normalized spacial score (nSPS) is 11.3. The summed E-state index contributed by atoms with van der Waals surface area (Å²) in [7, 11) is 0. The van der Waals surface area contributed by atoms with Gasteiger partial charge in [-0.2, -0.15) is 13.2 Å². The zero-order valence-corrected chi connectivity index (χ0v) is 16.0. The summed E-state index contributed by atoms with van der Waals surface area (Å²) in [5, 5.41) is 11.3. The van der Waals surface area contributed by atoms with Gasteiger partial charge in [0.05, 0.1) is 18.3 Å². The Bertz CT molecular complexity index is 892. The summed E-state index contributed by atoms with van der Waals surface area (Å²) in [6.45, 7) is 4.80. The van der Waals surface area contributed by atoms with Crippen LogP contribution in [0.25, 0.3) is 0 Å². The SMILES string of the molecule is CCOc1c(OC(C)C)cc(C(=O)Nc2ccc(C(=O)O)cc2)cc1C(F)(F)F. The molecule has 2 N–H and O–H groups in total. The van der Waals surface area contributed by atoms with E-state index in [0.29, 0.717) is 6.07 Å². The number of carbonyl (C=O) groups is 2. The van der Waals surface area contributed by atoms with Crippen LogP contribution in [0.4, 0.5) is 18.9 Å². The molecule has 0 saturated carbocycles. The van der Waals surface area contributed by atoms with Gasteiger partial charge in [-0.3, -0.25) is 4.79 Å². The summed E-state index contributed by atoms with van der Waals surface area (Å²) >= 11 is 0. The van der Waals surface area contributed by atoms with Gasteiger partial charge in [0.15, 0.2) is 11.5 Å². The molecule has 0 saturated heterocycles. The van der Waals surface area contributed by atoms with Gasteiger partial charge in [-0.1, -0.05) is 0 Å². The number of anilines is 1. The molecular weight excluding hydrogens is 391 g/mol. The first kappa shape index (κ1) is 22.1. The Morgan fingerprint density at radius 2 is 1.72 bits per heavy atom. The Morgan fingerprint density at radius 1 is 1.10 bits per heavy atom. The lowest BCUT2D eigenvalue weighted by Crippen LogP contribution is -2.17. The maximum atomic E-state index is 13.6. The average molecular weight is 411 g/mol. The van der Waals surface area contributed by atoms with Gasteiger partial charge in [-0.05, 0) is 57.2 Å². The number of rotatable bonds is 7. The minimum Gasteiger partial charge on any atom is -0.489 e. The number of benzene rings is 2. The zero-order valence-electron chi connectivity index (χ0n) is 16.0. The van der Waals surface area contributed by atoms with Crippen molar-refractivity contribution in [1.82, 2.24) is 0 Å². The van der Waals surface area contributed by atoms with Crippen molar-refractivity contribution in [2.24, 2.45) is 0 Å². The molecule has 2 rings (SSSR count). The summed E-state index contributed by atoms with van der Waals surface area (Å²) in [6.07, 6.45) is -5.21. The highest BCUT2D eigenvalue weighted by molar-refractivity contribution is 6.05. The molecular formula is C20H20F3NO5. The van der Waals surface area contributed by atoms with Crippen molar-refractivity contribution in [3.63, 3.8) is 0 Å². The Kier molecular flexibility index (Phi) is 6.73. The van der Waals surface area contributed by atoms with Crippen molar-refractivity contribution in [2.75, 3.05) is 11.9 Å². The number of hydrogen-bond donors (Lipinski definition) is 2. The van der Waals surface area contributed by atoms with Crippen molar-refractivity contribution >= 4 is 17.6 Å². The van der Waals surface area contributed by atoms with Gasteiger partial charge < -0.3 is 19.9 Å². The lowest BCUT2D eigenvalue weighted by Gasteiger charge is -2.20. The molecule has 1 amide bonds. The Labute approximate surface area is 165 Å². The van der Waals surface area contributed by atoms with Crippen molar-refractivity contribution in [1.29, 1.82) is 0 Å². The quantitative estimate of drug-likeness (QED) is 0.681. The maximum absolute atomic E-state index is 13.6. The molecule has 6 nitrogen and oxygen atoms in total. The minimum atomic E-state index is -4.76. The predicted octanol–water partition coefficient (Wildman–Crippen LogP) is 4.84. The lowest BCUT2D eigenvalue weighted by molar-refractivity contribution is -0.139. The zero-order chi connectivity index (χ0) is 21.8. The predicted molar refractivity (Wildman–Crippen MR) is 99.7 cm³/mol. The van der Waals surface area contributed by atoms with Crippen LogP contribution in [-0.4, -0.2) is 29.7 Å². The van der Waals surface area contributed by atoms with Crippen molar-refractivity contribution in [3.05, 3.63) is 53.1 Å². The van der Waals surface area contributed by atoms with Crippen molar-refractivity contribution in [2.45, 2.75) is 33.1 Å². The molecule has 2 aromatic rings. The Hall–Kier alpha value is -3.23. The fourth-order valence-electron chi connectivity index (χ4n) is 2.48. The van der Waals surface area contributed by atoms with E-state index >= 15 is 0 Å². The third-order valence-corrected chi connectivity index (χ3v) is 3.66. The van der Waals surface area contributed by atoms with E-state index in [1.807, 2.05) is 0 Å². The first-order chi connectivity index (χ1) is 13.5. The van der Waals surface area contributed by atoms with E-state index in [-0.39, 0.29) is 29.2 Å². The van der Waals surface area contributed by atoms with Crippen LogP contribution in [0.15, 0.2) is 36.4 Å². The van der Waals surface area contributed by atoms with E-state index in [2.05, 4.69) is 5.32 Å². The highest BCUT2D eigenvalue weighted by Crippen LogP contribution is 2.43. The van der Waals surface area contributed by atoms with E-state index in [0.717, 1.165) is 0 Å². The van der Waals surface area contributed by atoms with E-state index in [4.69, 9.17) is 14.6 Å². The second-order valence-electron chi connectivity index (χ2n) is 6.29. The first-order valence-electron chi connectivity index (χ1n) is 8.72. The molecule has 29 heavy (non-hydrogen) atoms. The fourth-order valence-corrected chi connectivity index (χ4v) is 2.48. The second-order valence-corrected chi connectivity index (χ2v) is 6.29. The van der Waals surface area contributed by atoms with E-state index in [1.54, 1.807) is 20.8 Å². The standard InChI is InChI=1S/C20H20F3NO5/c1-4-28-17-15(20(21,22)23)9-13(10-16(17)29-11(2)3)18(25)24-14-7-5-12(6-8-14)19(26)27/h5-11H,4H2,1-3H3,(H,24,25)(H,26,27). The van der Waals surface area contributed by atoms with Crippen molar-refractivity contribution < 1.29 is 37.3 Å². The van der Waals surface area contributed by atoms with Crippen LogP contribution in [-0.2, 0) is 6.18 Å². The van der Waals surface area contributed by atoms with Crippen LogP contribution in [0.2, 0.25) is 0 Å². The molecule has 0 fully saturated rings. The summed E-state index contributed by atoms with van der Waals surface area (Å²) < 4.78 is 51.3. The Morgan fingerprint density at radius 3 is 2.21 bits per heavy atom. The number of aromatic carboxylic acids is 1. The first-order valence-corrected chi connectivity index (χ1v) is 8.72. The largest absolute Gasteiger partial charge is 0.489 e. The van der Waals surface area contributed by atoms with Gasteiger partial charge in [-0.25, -0.2) is 4.79 Å². The number of ether oxygens (including phenoxy) is 2. The van der Waals surface area contributed by atoms with Crippen LogP contribution in [0.3, 0.4) is 0 Å². The van der Waals surface area contributed by atoms with Crippen molar-refractivity contribution in [3.8, 4) is 11.5 Å². The highest BCUT2D eigenvalue weighted by Gasteiger charge is 2.37. The summed E-state index contributed by atoms with van der Waals surface area (Å²) in [4.78, 5) is 23.4. The van der Waals surface area contributed by atoms with E-state index < -0.39 is 35.5 Å². The van der Waals surface area contributed by atoms with Crippen LogP contribution in [0.1, 0.15) is 47.1 Å². The summed E-state index contributed by atoms with van der Waals surface area (Å²) in [6, 6.07) is 7.09. The minimum absolute atomic E-state index is 0.0102. The molecule has 156 valence electrons. The molecule has 0 heterocycles. The number of halogens is 3. The number of hydrogen-bond acceptors (Lipinski definition) is 4. The number of amides is 1. The highest BCUT2D eigenvalue weighted by atomic mass is 19.4. The molecule has 0 radical (unpaired) electrons. The van der Waals surface area contributed by atoms with Gasteiger partial charge in [0.1, 0.15) is 5.56 Å². The number of carbonyl (C=O) groups excluding carboxylic acids is 1. The molecule has 2 aromatic carbocycles. The number of nitrogens with one attached hydrogen (secondary N) is 1. The molecule has 0 spiro atoms. The van der Waals surface area contributed by atoms with Crippen LogP contribution >= 0.6 is 0 Å². The molecule has 0 bridgehead atoms. The Balaban J connectivity index is 2.44. The van der Waals surface area contributed by atoms with Gasteiger partial charge >= 0.3 is 12.1 Å². The molecule has 9 heteroatoms. The topological polar surface area (TPSA) is 84.9 Å². The fraction of sp³-hybridized carbons (Fsp3) is 0.300. The monoisotopic (exact) mass is 411 g/mol. The van der Waals surface area contributed by atoms with Crippen LogP contribution < -0.4 is 14.8 Å². The molecule has 0 atom stereocenters. The summed E-state index contributed by atoms with van der Waals surface area (Å²) in [5.41, 5.74) is -1.16. The maximum Gasteiger partial charge on any atom is 0.420 e. The third kappa shape index (κ3) is 5.63. The summed E-state index contributed by atoms with van der Waals surface area (Å²) in [5.74, 6) is -2.62. The van der Waals surface area contributed by atoms with Crippen LogP contribution in [0, 0.1) is 0 Å². The van der Waals surface area contributed by atoms with Gasteiger partial charge in [0.25, 0.3) is 5.91 Å². The number of carboxylic acids is 1. The number of carboxylic acid groups (broad SMARTS) is 1. The average Bonchev–Trinajstić information content (AvgIpc) is 2.62. The number of alkyl halides is 3. The smallest absolute Gasteiger partial charge is 0.420 e. The van der Waals surface area contributed by atoms with Gasteiger partial charge in [0.2, 0.25) is 0 Å². The molecule has 0 aliphatic carbocycles.